The molecule has 0 aromatic heterocycles. The van der Waals surface area contributed by atoms with Crippen LogP contribution < -0.4 is 10.6 Å². The molecule has 1 saturated heterocycles. The van der Waals surface area contributed by atoms with Gasteiger partial charge in [0.1, 0.15) is 0 Å². The Kier molecular flexibility index (Phi) is 3.13. The fourth-order valence-electron chi connectivity index (χ4n) is 3.50. The lowest BCUT2D eigenvalue weighted by Gasteiger charge is -2.22. The van der Waals surface area contributed by atoms with Gasteiger partial charge in [0.25, 0.3) is 0 Å². The number of imide groups is 1. The van der Waals surface area contributed by atoms with Crippen molar-refractivity contribution in [1.82, 2.24) is 0 Å². The van der Waals surface area contributed by atoms with Crippen molar-refractivity contribution < 1.29 is 9.59 Å². The number of benzene rings is 1. The van der Waals surface area contributed by atoms with E-state index in [-0.39, 0.29) is 11.8 Å². The van der Waals surface area contributed by atoms with Crippen LogP contribution in [0.15, 0.2) is 18.2 Å². The second kappa shape index (κ2) is 4.70. The monoisotopic (exact) mass is 272 g/mol. The van der Waals surface area contributed by atoms with E-state index in [1.54, 1.807) is 0 Å². The van der Waals surface area contributed by atoms with Gasteiger partial charge >= 0.3 is 0 Å². The maximum Gasteiger partial charge on any atom is 0.240 e. The van der Waals surface area contributed by atoms with Gasteiger partial charge in [0, 0.05) is 13.0 Å². The molecule has 1 aliphatic heterocycles. The number of anilines is 1. The number of nitrogens with zero attached hydrogens (tertiary/aromatic N) is 1. The molecule has 106 valence electrons. The largest absolute Gasteiger partial charge is 0.326 e. The van der Waals surface area contributed by atoms with Crippen molar-refractivity contribution in [2.24, 2.45) is 11.1 Å². The zero-order valence-corrected chi connectivity index (χ0v) is 11.8. The lowest BCUT2D eigenvalue weighted by molar-refractivity contribution is -0.125. The van der Waals surface area contributed by atoms with E-state index >= 15 is 0 Å². The first-order valence-electron chi connectivity index (χ1n) is 7.24. The summed E-state index contributed by atoms with van der Waals surface area (Å²) in [5, 5.41) is 0. The Morgan fingerprint density at radius 3 is 2.60 bits per heavy atom. The molecular weight excluding hydrogens is 252 g/mol. The highest BCUT2D eigenvalue weighted by molar-refractivity contribution is 6.23. The molecule has 4 nitrogen and oxygen atoms in total. The topological polar surface area (TPSA) is 63.4 Å². The predicted molar refractivity (Wildman–Crippen MR) is 77.1 cm³/mol. The highest BCUT2D eigenvalue weighted by Gasteiger charge is 2.53. The molecule has 0 bridgehead atoms. The van der Waals surface area contributed by atoms with E-state index in [9.17, 15) is 9.59 Å². The minimum atomic E-state index is -0.414. The van der Waals surface area contributed by atoms with E-state index in [0.717, 1.165) is 36.8 Å². The van der Waals surface area contributed by atoms with Crippen molar-refractivity contribution in [3.05, 3.63) is 29.3 Å². The quantitative estimate of drug-likeness (QED) is 0.840. The Morgan fingerprint density at radius 1 is 1.25 bits per heavy atom. The van der Waals surface area contributed by atoms with Gasteiger partial charge in [-0.25, -0.2) is 4.90 Å². The van der Waals surface area contributed by atoms with Crippen molar-refractivity contribution in [3.63, 3.8) is 0 Å². The van der Waals surface area contributed by atoms with E-state index in [2.05, 4.69) is 0 Å². The number of hydrogen-bond acceptors (Lipinski definition) is 3. The summed E-state index contributed by atoms with van der Waals surface area (Å²) in [6, 6.07) is 5.74. The van der Waals surface area contributed by atoms with Crippen LogP contribution in [0, 0.1) is 12.3 Å². The van der Waals surface area contributed by atoms with Gasteiger partial charge in [-0.05, 0) is 37.0 Å². The van der Waals surface area contributed by atoms with E-state index < -0.39 is 5.41 Å². The molecule has 2 fully saturated rings. The average molecular weight is 272 g/mol. The number of rotatable bonds is 2. The molecule has 4 heteroatoms. The van der Waals surface area contributed by atoms with E-state index in [1.165, 1.54) is 4.90 Å². The molecule has 0 radical (unpaired) electrons. The molecule has 0 unspecified atom stereocenters. The van der Waals surface area contributed by atoms with Crippen molar-refractivity contribution in [2.45, 2.75) is 45.6 Å². The molecule has 1 aliphatic carbocycles. The van der Waals surface area contributed by atoms with Crippen LogP contribution in [0.25, 0.3) is 0 Å². The smallest absolute Gasteiger partial charge is 0.240 e. The third-order valence-corrected chi connectivity index (χ3v) is 4.71. The fourth-order valence-corrected chi connectivity index (χ4v) is 3.50. The van der Waals surface area contributed by atoms with Gasteiger partial charge in [-0.1, -0.05) is 25.0 Å². The van der Waals surface area contributed by atoms with Gasteiger partial charge in [0.15, 0.2) is 0 Å². The molecule has 1 aromatic carbocycles. The molecule has 2 aliphatic rings. The van der Waals surface area contributed by atoms with Crippen LogP contribution in [-0.4, -0.2) is 11.8 Å². The van der Waals surface area contributed by atoms with Gasteiger partial charge in [-0.3, -0.25) is 9.59 Å². The molecule has 0 atom stereocenters. The highest BCUT2D eigenvalue weighted by atomic mass is 16.2. The Bertz CT molecular complexity index is 574. The maximum atomic E-state index is 12.8. The zero-order valence-electron chi connectivity index (χ0n) is 11.8. The summed E-state index contributed by atoms with van der Waals surface area (Å²) in [6.45, 7) is 2.34. The first-order valence-corrected chi connectivity index (χ1v) is 7.24. The molecule has 20 heavy (non-hydrogen) atoms. The minimum Gasteiger partial charge on any atom is -0.326 e. The van der Waals surface area contributed by atoms with Gasteiger partial charge in [-0.15, -0.1) is 0 Å². The van der Waals surface area contributed by atoms with Gasteiger partial charge in [0.2, 0.25) is 11.8 Å². The second-order valence-electron chi connectivity index (χ2n) is 6.02. The third kappa shape index (κ3) is 1.86. The zero-order chi connectivity index (χ0) is 14.3. The SMILES string of the molecule is Cc1ccc(CN)cc1N1C(=O)CC2(CCCC2)C1=O. The standard InChI is InChI=1S/C16H20N2O2/c1-11-4-5-12(10-17)8-13(11)18-14(19)9-16(15(18)20)6-2-3-7-16/h4-5,8H,2-3,6-7,9-10,17H2,1H3. The summed E-state index contributed by atoms with van der Waals surface area (Å²) in [5.41, 5.74) is 7.85. The first kappa shape index (κ1) is 13.3. The number of amides is 2. The molecule has 2 amide bonds. The predicted octanol–water partition coefficient (Wildman–Crippen LogP) is 2.28. The number of carbonyl (C=O) groups is 2. The van der Waals surface area contributed by atoms with Crippen molar-refractivity contribution in [2.75, 3.05) is 4.90 Å². The fraction of sp³-hybridized carbons (Fsp3) is 0.500. The molecule has 1 saturated carbocycles. The summed E-state index contributed by atoms with van der Waals surface area (Å²) in [4.78, 5) is 26.5. The van der Waals surface area contributed by atoms with Crippen LogP contribution in [0.4, 0.5) is 5.69 Å². The molecule has 1 spiro atoms. The Hall–Kier alpha value is -1.68. The van der Waals surface area contributed by atoms with Crippen molar-refractivity contribution in [3.8, 4) is 0 Å². The molecule has 3 rings (SSSR count). The second-order valence-corrected chi connectivity index (χ2v) is 6.02. The van der Waals surface area contributed by atoms with Crippen LogP contribution in [0.3, 0.4) is 0 Å². The van der Waals surface area contributed by atoms with Gasteiger partial charge in [-0.2, -0.15) is 0 Å². The minimum absolute atomic E-state index is 0.00253. The van der Waals surface area contributed by atoms with Gasteiger partial charge in [0.05, 0.1) is 11.1 Å². The van der Waals surface area contributed by atoms with Gasteiger partial charge < -0.3 is 5.73 Å². The van der Waals surface area contributed by atoms with Crippen LogP contribution in [0.2, 0.25) is 0 Å². The lowest BCUT2D eigenvalue weighted by atomic mass is 9.84. The third-order valence-electron chi connectivity index (χ3n) is 4.71. The van der Waals surface area contributed by atoms with Crippen LogP contribution in [0.5, 0.6) is 0 Å². The van der Waals surface area contributed by atoms with E-state index in [0.29, 0.717) is 18.7 Å². The molecule has 1 aromatic rings. The Balaban J connectivity index is 2.02. The maximum absolute atomic E-state index is 12.8. The van der Waals surface area contributed by atoms with Crippen molar-refractivity contribution >= 4 is 17.5 Å². The Morgan fingerprint density at radius 2 is 1.95 bits per heavy atom. The number of aryl methyl sites for hydroxylation is 1. The normalized spacial score (nSPS) is 21.2. The average Bonchev–Trinajstić information content (AvgIpc) is 2.99. The number of hydrogen-bond donors (Lipinski definition) is 1. The van der Waals surface area contributed by atoms with E-state index in [1.807, 2.05) is 25.1 Å². The lowest BCUT2D eigenvalue weighted by Crippen LogP contribution is -2.34. The van der Waals surface area contributed by atoms with Crippen LogP contribution in [-0.2, 0) is 16.1 Å². The van der Waals surface area contributed by atoms with Crippen LogP contribution in [0.1, 0.15) is 43.2 Å². The highest BCUT2D eigenvalue weighted by Crippen LogP contribution is 2.48. The van der Waals surface area contributed by atoms with E-state index in [4.69, 9.17) is 5.73 Å². The summed E-state index contributed by atoms with van der Waals surface area (Å²) >= 11 is 0. The molecule has 1 heterocycles. The van der Waals surface area contributed by atoms with Crippen molar-refractivity contribution in [1.29, 1.82) is 0 Å². The first-order chi connectivity index (χ1) is 9.57. The Labute approximate surface area is 118 Å². The summed E-state index contributed by atoms with van der Waals surface area (Å²) in [7, 11) is 0. The molecular formula is C16H20N2O2. The van der Waals surface area contributed by atoms with Crippen LogP contribution >= 0.6 is 0 Å². The summed E-state index contributed by atoms with van der Waals surface area (Å²) in [6.07, 6.45) is 4.18. The molecule has 2 N–H and O–H groups in total. The summed E-state index contributed by atoms with van der Waals surface area (Å²) < 4.78 is 0. The number of carbonyl (C=O) groups excluding carboxylic acids is 2. The number of nitrogens with two attached hydrogens (primary N) is 1. The summed E-state index contributed by atoms with van der Waals surface area (Å²) in [5.74, 6) is -0.0635.